The molecule has 0 radical (unpaired) electrons. The maximum Gasteiger partial charge on any atom is 0.238 e. The zero-order chi connectivity index (χ0) is 20.2. The van der Waals surface area contributed by atoms with Crippen molar-refractivity contribution >= 4 is 15.9 Å². The quantitative estimate of drug-likeness (QED) is 0.747. The highest BCUT2D eigenvalue weighted by Crippen LogP contribution is 2.20. The molecule has 2 aromatic rings. The van der Waals surface area contributed by atoms with Crippen LogP contribution in [0.4, 0.5) is 8.78 Å². The van der Waals surface area contributed by atoms with Crippen molar-refractivity contribution in [2.45, 2.75) is 24.4 Å². The van der Waals surface area contributed by atoms with Crippen molar-refractivity contribution in [2.75, 3.05) is 13.6 Å². The van der Waals surface area contributed by atoms with Crippen molar-refractivity contribution in [3.8, 4) is 0 Å². The maximum atomic E-state index is 13.2. The SMILES string of the molecule is CC(c1ccc(S(N)(=O)=O)cc1)N(C)CC(=O)NCc1cc(F)cc(F)c1. The van der Waals surface area contributed by atoms with Crippen molar-refractivity contribution in [2.24, 2.45) is 5.14 Å². The van der Waals surface area contributed by atoms with Crippen LogP contribution in [0.15, 0.2) is 47.4 Å². The fourth-order valence-corrected chi connectivity index (χ4v) is 3.04. The summed E-state index contributed by atoms with van der Waals surface area (Å²) in [7, 11) is -2.02. The molecule has 6 nitrogen and oxygen atoms in total. The summed E-state index contributed by atoms with van der Waals surface area (Å²) in [5.74, 6) is -1.71. The van der Waals surface area contributed by atoms with Gasteiger partial charge in [0.2, 0.25) is 15.9 Å². The van der Waals surface area contributed by atoms with Gasteiger partial charge in [-0.3, -0.25) is 9.69 Å². The van der Waals surface area contributed by atoms with Crippen LogP contribution in [0.5, 0.6) is 0 Å². The first-order valence-electron chi connectivity index (χ1n) is 8.11. The number of sulfonamides is 1. The number of hydrogen-bond acceptors (Lipinski definition) is 4. The molecule has 0 aliphatic rings. The van der Waals surface area contributed by atoms with E-state index in [9.17, 15) is 22.0 Å². The number of hydrogen-bond donors (Lipinski definition) is 2. The standard InChI is InChI=1S/C18H21F2N3O3S/c1-12(14-3-5-17(6-4-14)27(21,25)26)23(2)11-18(24)22-10-13-7-15(19)9-16(20)8-13/h3-9,12H,10-11H2,1-2H3,(H,22,24)(H2,21,25,26). The normalized spacial score (nSPS) is 12.8. The molecule has 9 heteroatoms. The first kappa shape index (κ1) is 20.9. The molecule has 0 saturated carbocycles. The van der Waals surface area contributed by atoms with Crippen LogP contribution in [0.1, 0.15) is 24.1 Å². The fraction of sp³-hybridized carbons (Fsp3) is 0.278. The summed E-state index contributed by atoms with van der Waals surface area (Å²) < 4.78 is 48.9. The van der Waals surface area contributed by atoms with E-state index >= 15 is 0 Å². The van der Waals surface area contributed by atoms with E-state index in [4.69, 9.17) is 5.14 Å². The van der Waals surface area contributed by atoms with Gasteiger partial charge in [0, 0.05) is 18.7 Å². The molecule has 3 N–H and O–H groups in total. The molecule has 146 valence electrons. The lowest BCUT2D eigenvalue weighted by molar-refractivity contribution is -0.122. The number of nitrogens with one attached hydrogen (secondary N) is 1. The van der Waals surface area contributed by atoms with Gasteiger partial charge in [-0.2, -0.15) is 0 Å². The van der Waals surface area contributed by atoms with Crippen molar-refractivity contribution in [3.63, 3.8) is 0 Å². The van der Waals surface area contributed by atoms with E-state index in [-0.39, 0.29) is 29.9 Å². The molecule has 0 aliphatic carbocycles. The second-order valence-electron chi connectivity index (χ2n) is 6.26. The summed E-state index contributed by atoms with van der Waals surface area (Å²) in [6.45, 7) is 1.93. The summed E-state index contributed by atoms with van der Waals surface area (Å²) in [5.41, 5.74) is 1.14. The number of carbonyl (C=O) groups is 1. The van der Waals surface area contributed by atoms with Gasteiger partial charge in [-0.1, -0.05) is 12.1 Å². The molecule has 0 heterocycles. The van der Waals surface area contributed by atoms with E-state index in [0.29, 0.717) is 5.56 Å². The Kier molecular flexibility index (Phi) is 6.63. The average Bonchev–Trinajstić information content (AvgIpc) is 2.58. The number of primary sulfonamides is 1. The maximum absolute atomic E-state index is 13.2. The molecule has 2 aromatic carbocycles. The highest BCUT2D eigenvalue weighted by atomic mass is 32.2. The predicted molar refractivity (Wildman–Crippen MR) is 97.1 cm³/mol. The van der Waals surface area contributed by atoms with Gasteiger partial charge in [0.1, 0.15) is 11.6 Å². The highest BCUT2D eigenvalue weighted by molar-refractivity contribution is 7.89. The van der Waals surface area contributed by atoms with Crippen LogP contribution in [-0.2, 0) is 21.4 Å². The molecule has 0 aliphatic heterocycles. The largest absolute Gasteiger partial charge is 0.351 e. The Labute approximate surface area is 157 Å². The topological polar surface area (TPSA) is 92.5 Å². The van der Waals surface area contributed by atoms with Gasteiger partial charge in [0.15, 0.2) is 0 Å². The third-order valence-electron chi connectivity index (χ3n) is 4.16. The number of nitrogens with two attached hydrogens (primary N) is 1. The van der Waals surface area contributed by atoms with Crippen LogP contribution in [-0.4, -0.2) is 32.8 Å². The van der Waals surface area contributed by atoms with Crippen LogP contribution in [0, 0.1) is 11.6 Å². The Morgan fingerprint density at radius 2 is 1.70 bits per heavy atom. The van der Waals surface area contributed by atoms with E-state index in [2.05, 4.69) is 5.32 Å². The number of rotatable bonds is 7. The third-order valence-corrected chi connectivity index (χ3v) is 5.09. The Morgan fingerprint density at radius 3 is 2.22 bits per heavy atom. The van der Waals surface area contributed by atoms with Gasteiger partial charge in [-0.25, -0.2) is 22.3 Å². The highest BCUT2D eigenvalue weighted by Gasteiger charge is 2.16. The van der Waals surface area contributed by atoms with Crippen molar-refractivity contribution in [1.29, 1.82) is 0 Å². The summed E-state index contributed by atoms with van der Waals surface area (Å²) >= 11 is 0. The first-order valence-corrected chi connectivity index (χ1v) is 9.65. The Hall–Kier alpha value is -2.36. The van der Waals surface area contributed by atoms with Crippen LogP contribution in [0.3, 0.4) is 0 Å². The molecule has 0 bridgehead atoms. The number of halogens is 2. The monoisotopic (exact) mass is 397 g/mol. The molecule has 0 aromatic heterocycles. The summed E-state index contributed by atoms with van der Waals surface area (Å²) in [5, 5.41) is 7.68. The second kappa shape index (κ2) is 8.55. The van der Waals surface area contributed by atoms with Crippen LogP contribution in [0.2, 0.25) is 0 Å². The zero-order valence-electron chi connectivity index (χ0n) is 14.9. The molecule has 2 rings (SSSR count). The van der Waals surface area contributed by atoms with E-state index in [1.54, 1.807) is 24.1 Å². The summed E-state index contributed by atoms with van der Waals surface area (Å²) in [6, 6.07) is 8.99. The predicted octanol–water partition coefficient (Wildman–Crippen LogP) is 1.92. The molecule has 0 saturated heterocycles. The van der Waals surface area contributed by atoms with Gasteiger partial charge in [0.05, 0.1) is 11.4 Å². The summed E-state index contributed by atoms with van der Waals surface area (Å²) in [6.07, 6.45) is 0. The lowest BCUT2D eigenvalue weighted by Gasteiger charge is -2.24. The van der Waals surface area contributed by atoms with E-state index in [1.165, 1.54) is 12.1 Å². The first-order chi connectivity index (χ1) is 12.6. The minimum Gasteiger partial charge on any atom is -0.351 e. The van der Waals surface area contributed by atoms with E-state index < -0.39 is 21.7 Å². The van der Waals surface area contributed by atoms with Gasteiger partial charge in [-0.05, 0) is 49.4 Å². The molecule has 0 spiro atoms. The van der Waals surface area contributed by atoms with Crippen molar-refractivity contribution in [1.82, 2.24) is 10.2 Å². The van der Waals surface area contributed by atoms with Gasteiger partial charge < -0.3 is 5.32 Å². The molecule has 1 atom stereocenters. The molecule has 0 fully saturated rings. The molecule has 1 unspecified atom stereocenters. The second-order valence-corrected chi connectivity index (χ2v) is 7.82. The molecule has 1 amide bonds. The van der Waals surface area contributed by atoms with Gasteiger partial charge >= 0.3 is 0 Å². The van der Waals surface area contributed by atoms with Crippen molar-refractivity contribution < 1.29 is 22.0 Å². The Bertz CT molecular complexity index is 898. The summed E-state index contributed by atoms with van der Waals surface area (Å²) in [4.78, 5) is 13.9. The third kappa shape index (κ3) is 6.09. The number of amides is 1. The number of carbonyl (C=O) groups excluding carboxylic acids is 1. The molecular formula is C18H21F2N3O3S. The average molecular weight is 397 g/mol. The minimum absolute atomic E-state index is 0.0127. The number of likely N-dealkylation sites (N-methyl/N-ethyl adjacent to an activating group) is 1. The van der Waals surface area contributed by atoms with E-state index in [1.807, 2.05) is 6.92 Å². The van der Waals surface area contributed by atoms with Gasteiger partial charge in [-0.15, -0.1) is 0 Å². The smallest absolute Gasteiger partial charge is 0.238 e. The van der Waals surface area contributed by atoms with Crippen molar-refractivity contribution in [3.05, 3.63) is 65.2 Å². The number of nitrogens with zero attached hydrogens (tertiary/aromatic N) is 1. The Balaban J connectivity index is 1.93. The fourth-order valence-electron chi connectivity index (χ4n) is 2.52. The molecular weight excluding hydrogens is 376 g/mol. The van der Waals surface area contributed by atoms with Crippen LogP contribution < -0.4 is 10.5 Å². The Morgan fingerprint density at radius 1 is 1.15 bits per heavy atom. The minimum atomic E-state index is -3.76. The number of benzene rings is 2. The van der Waals surface area contributed by atoms with Gasteiger partial charge in [0.25, 0.3) is 0 Å². The van der Waals surface area contributed by atoms with E-state index in [0.717, 1.165) is 23.8 Å². The van der Waals surface area contributed by atoms with Crippen LogP contribution >= 0.6 is 0 Å². The van der Waals surface area contributed by atoms with Crippen LogP contribution in [0.25, 0.3) is 0 Å². The zero-order valence-corrected chi connectivity index (χ0v) is 15.8. The lowest BCUT2D eigenvalue weighted by atomic mass is 10.1. The lowest BCUT2D eigenvalue weighted by Crippen LogP contribution is -2.36. The molecule has 27 heavy (non-hydrogen) atoms.